The van der Waals surface area contributed by atoms with Crippen LogP contribution in [0.2, 0.25) is 0 Å². The van der Waals surface area contributed by atoms with Gasteiger partial charge in [0.25, 0.3) is 11.5 Å². The van der Waals surface area contributed by atoms with E-state index in [0.717, 1.165) is 10.4 Å². The first kappa shape index (κ1) is 22.7. The number of nitrogens with one attached hydrogen (secondary N) is 2. The normalized spacial score (nSPS) is 11.3. The lowest BCUT2D eigenvalue weighted by atomic mass is 10.1. The fourth-order valence-corrected chi connectivity index (χ4v) is 4.88. The number of nitrogens with zero attached hydrogens (tertiary/aromatic N) is 1. The molecule has 0 aliphatic carbocycles. The Kier molecular flexibility index (Phi) is 6.83. The zero-order chi connectivity index (χ0) is 23.3. The average Bonchev–Trinajstić information content (AvgIpc) is 3.34. The summed E-state index contributed by atoms with van der Waals surface area (Å²) in [4.78, 5) is 25.4. The van der Waals surface area contributed by atoms with Gasteiger partial charge in [0.1, 0.15) is 0 Å². The minimum Gasteiger partial charge on any atom is -0.322 e. The van der Waals surface area contributed by atoms with Gasteiger partial charge in [-0.15, -0.1) is 11.3 Å². The highest BCUT2D eigenvalue weighted by atomic mass is 32.2. The van der Waals surface area contributed by atoms with Crippen molar-refractivity contribution >= 4 is 33.0 Å². The summed E-state index contributed by atoms with van der Waals surface area (Å²) in [6.07, 6.45) is 1.72. The van der Waals surface area contributed by atoms with E-state index in [4.69, 9.17) is 0 Å². The topological polar surface area (TPSA) is 97.3 Å². The molecule has 0 saturated heterocycles. The second kappa shape index (κ2) is 9.95. The van der Waals surface area contributed by atoms with Gasteiger partial charge in [0.2, 0.25) is 10.0 Å². The molecular weight excluding hydrogens is 458 g/mol. The molecule has 2 aromatic heterocycles. The molecule has 2 heterocycles. The first-order chi connectivity index (χ1) is 15.9. The molecule has 4 rings (SSSR count). The van der Waals surface area contributed by atoms with Crippen LogP contribution in [0.1, 0.15) is 20.8 Å². The first-order valence-corrected chi connectivity index (χ1v) is 12.4. The molecule has 4 aromatic rings. The molecule has 0 bridgehead atoms. The average molecular weight is 480 g/mol. The lowest BCUT2D eigenvalue weighted by molar-refractivity contribution is 0.102. The third kappa shape index (κ3) is 5.83. The molecule has 1 amide bonds. The Morgan fingerprint density at radius 3 is 2.33 bits per heavy atom. The molecule has 0 atom stereocenters. The number of thiophene rings is 1. The molecule has 2 N–H and O–H groups in total. The number of carbonyl (C=O) groups is 1. The number of rotatable bonds is 8. The highest BCUT2D eigenvalue weighted by Crippen LogP contribution is 2.16. The number of anilines is 1. The van der Waals surface area contributed by atoms with E-state index in [-0.39, 0.29) is 22.9 Å². The Bertz CT molecular complexity index is 1390. The predicted octanol–water partition coefficient (Wildman–Crippen LogP) is 3.69. The van der Waals surface area contributed by atoms with Crippen molar-refractivity contribution in [3.63, 3.8) is 0 Å². The van der Waals surface area contributed by atoms with Gasteiger partial charge in [-0.2, -0.15) is 0 Å². The van der Waals surface area contributed by atoms with E-state index in [2.05, 4.69) is 10.0 Å². The molecule has 0 aliphatic heterocycles. The quantitative estimate of drug-likeness (QED) is 0.403. The fraction of sp³-hybridized carbons (Fsp3) is 0.0833. The van der Waals surface area contributed by atoms with Crippen LogP contribution in [0.5, 0.6) is 0 Å². The van der Waals surface area contributed by atoms with Crippen LogP contribution >= 0.6 is 11.3 Å². The van der Waals surface area contributed by atoms with Gasteiger partial charge in [0.05, 0.1) is 11.4 Å². The minimum absolute atomic E-state index is 0.0814. The minimum atomic E-state index is -3.67. The summed E-state index contributed by atoms with van der Waals surface area (Å²) in [5.74, 6) is -0.350. The molecule has 0 radical (unpaired) electrons. The van der Waals surface area contributed by atoms with Crippen LogP contribution in [0.15, 0.2) is 100 Å². The Morgan fingerprint density at radius 1 is 0.909 bits per heavy atom. The number of hydrogen-bond acceptors (Lipinski definition) is 5. The Balaban J connectivity index is 1.37. The van der Waals surface area contributed by atoms with E-state index >= 15 is 0 Å². The highest BCUT2D eigenvalue weighted by Gasteiger charge is 2.15. The second-order valence-electron chi connectivity index (χ2n) is 7.25. The Labute approximate surface area is 195 Å². The highest BCUT2D eigenvalue weighted by molar-refractivity contribution is 7.89. The molecule has 0 unspecified atom stereocenters. The summed E-state index contributed by atoms with van der Waals surface area (Å²) in [6.45, 7) is 0.654. The van der Waals surface area contributed by atoms with E-state index in [9.17, 15) is 18.0 Å². The summed E-state index contributed by atoms with van der Waals surface area (Å²) in [7, 11) is -3.67. The first-order valence-electron chi connectivity index (χ1n) is 10.1. The van der Waals surface area contributed by atoms with Crippen molar-refractivity contribution in [1.82, 2.24) is 9.29 Å². The van der Waals surface area contributed by atoms with Crippen LogP contribution in [-0.2, 0) is 23.1 Å². The Hall–Kier alpha value is -3.53. The Morgan fingerprint density at radius 2 is 1.67 bits per heavy atom. The zero-order valence-corrected chi connectivity index (χ0v) is 19.1. The monoisotopic (exact) mass is 479 g/mol. The van der Waals surface area contributed by atoms with E-state index in [1.807, 2.05) is 29.6 Å². The van der Waals surface area contributed by atoms with Crippen LogP contribution in [0.4, 0.5) is 5.69 Å². The van der Waals surface area contributed by atoms with Crippen molar-refractivity contribution < 1.29 is 13.2 Å². The number of amides is 1. The number of hydrogen-bond donors (Lipinski definition) is 2. The van der Waals surface area contributed by atoms with Gasteiger partial charge in [0.15, 0.2) is 0 Å². The lowest BCUT2D eigenvalue weighted by Gasteiger charge is -2.09. The summed E-state index contributed by atoms with van der Waals surface area (Å²) in [5.41, 5.74) is 1.78. The molecule has 0 spiro atoms. The van der Waals surface area contributed by atoms with Gasteiger partial charge in [-0.05, 0) is 59.5 Å². The van der Waals surface area contributed by atoms with Gasteiger partial charge in [-0.3, -0.25) is 9.59 Å². The molecule has 0 aliphatic rings. The SMILES string of the molecule is O=C(Nc1ccc(Cn2ccccc2=O)cc1)c1ccc(S(=O)(=O)NCc2cccs2)cc1. The van der Waals surface area contributed by atoms with Crippen molar-refractivity contribution in [2.75, 3.05) is 5.32 Å². The predicted molar refractivity (Wildman–Crippen MR) is 129 cm³/mol. The van der Waals surface area contributed by atoms with Crippen LogP contribution < -0.4 is 15.6 Å². The van der Waals surface area contributed by atoms with Gasteiger partial charge < -0.3 is 9.88 Å². The van der Waals surface area contributed by atoms with Crippen LogP contribution in [0, 0.1) is 0 Å². The maximum atomic E-state index is 12.6. The van der Waals surface area contributed by atoms with Gasteiger partial charge in [-0.1, -0.05) is 24.3 Å². The fourth-order valence-electron chi connectivity index (χ4n) is 3.13. The molecule has 168 valence electrons. The summed E-state index contributed by atoms with van der Waals surface area (Å²) in [5, 5.41) is 4.68. The smallest absolute Gasteiger partial charge is 0.255 e. The van der Waals surface area contributed by atoms with Gasteiger partial charge in [0, 0.05) is 34.9 Å². The van der Waals surface area contributed by atoms with Crippen molar-refractivity contribution in [2.24, 2.45) is 0 Å². The van der Waals surface area contributed by atoms with E-state index < -0.39 is 10.0 Å². The van der Waals surface area contributed by atoms with Crippen molar-refractivity contribution in [3.05, 3.63) is 117 Å². The molecule has 9 heteroatoms. The molecule has 0 saturated carbocycles. The van der Waals surface area contributed by atoms with Crippen molar-refractivity contribution in [3.8, 4) is 0 Å². The molecule has 33 heavy (non-hydrogen) atoms. The third-order valence-electron chi connectivity index (χ3n) is 4.91. The van der Waals surface area contributed by atoms with Crippen LogP contribution in [0.25, 0.3) is 0 Å². The molecule has 7 nitrogen and oxygen atoms in total. The van der Waals surface area contributed by atoms with Gasteiger partial charge >= 0.3 is 0 Å². The van der Waals surface area contributed by atoms with E-state index in [1.54, 1.807) is 35.0 Å². The number of aromatic nitrogens is 1. The summed E-state index contributed by atoms with van der Waals surface area (Å²) < 4.78 is 29.1. The van der Waals surface area contributed by atoms with Gasteiger partial charge in [-0.25, -0.2) is 13.1 Å². The molecule has 2 aromatic carbocycles. The third-order valence-corrected chi connectivity index (χ3v) is 7.20. The molecule has 0 fully saturated rings. The largest absolute Gasteiger partial charge is 0.322 e. The van der Waals surface area contributed by atoms with E-state index in [0.29, 0.717) is 17.8 Å². The molecular formula is C24H21N3O4S2. The zero-order valence-electron chi connectivity index (χ0n) is 17.5. The van der Waals surface area contributed by atoms with Crippen molar-refractivity contribution in [1.29, 1.82) is 0 Å². The number of pyridine rings is 1. The number of carbonyl (C=O) groups excluding carboxylic acids is 1. The summed E-state index contributed by atoms with van der Waals surface area (Å²) >= 11 is 1.47. The van der Waals surface area contributed by atoms with Crippen molar-refractivity contribution in [2.45, 2.75) is 18.0 Å². The maximum absolute atomic E-state index is 12.6. The maximum Gasteiger partial charge on any atom is 0.255 e. The summed E-state index contributed by atoms with van der Waals surface area (Å²) in [6, 6.07) is 21.7. The lowest BCUT2D eigenvalue weighted by Crippen LogP contribution is -2.23. The number of benzene rings is 2. The standard InChI is InChI=1S/C24H21N3O4S2/c28-23-5-1-2-14-27(23)17-18-6-10-20(11-7-18)26-24(29)19-8-12-22(13-9-19)33(30,31)25-16-21-4-3-15-32-21/h1-15,25H,16-17H2,(H,26,29). The van der Waals surface area contributed by atoms with Crippen LogP contribution in [0.3, 0.4) is 0 Å². The van der Waals surface area contributed by atoms with E-state index in [1.165, 1.54) is 41.7 Å². The van der Waals surface area contributed by atoms with Crippen LogP contribution in [-0.4, -0.2) is 18.9 Å². The number of sulfonamides is 1. The second-order valence-corrected chi connectivity index (χ2v) is 10.0.